The maximum atomic E-state index is 3.91. The molecule has 1 atom stereocenters. The molecular formula is C34H34N2. The Morgan fingerprint density at radius 2 is 1.44 bits per heavy atom. The summed E-state index contributed by atoms with van der Waals surface area (Å²) in [5.74, 6) is 0. The van der Waals surface area contributed by atoms with Crippen molar-refractivity contribution in [2.75, 3.05) is 22.9 Å². The van der Waals surface area contributed by atoms with Crippen LogP contribution in [0.1, 0.15) is 43.0 Å². The SMILES string of the molecule is C=Cc1ccc(CN2C3=CC4=C(CN(c5ccc(C=C)cc5)C4)C(C)(C)[C@@]3(C)c3ccccc32)cc1. The maximum Gasteiger partial charge on any atom is 0.0479 e. The average molecular weight is 471 g/mol. The smallest absolute Gasteiger partial charge is 0.0479 e. The Kier molecular flexibility index (Phi) is 5.12. The number of hydrogen-bond acceptors (Lipinski definition) is 2. The van der Waals surface area contributed by atoms with E-state index in [1.54, 1.807) is 5.57 Å². The van der Waals surface area contributed by atoms with Gasteiger partial charge in [-0.1, -0.05) is 93.8 Å². The van der Waals surface area contributed by atoms with E-state index in [9.17, 15) is 0 Å². The minimum Gasteiger partial charge on any atom is -0.363 e. The van der Waals surface area contributed by atoms with E-state index in [0.717, 1.165) is 30.8 Å². The third-order valence-electron chi connectivity index (χ3n) is 9.00. The van der Waals surface area contributed by atoms with Crippen LogP contribution in [0.5, 0.6) is 0 Å². The summed E-state index contributed by atoms with van der Waals surface area (Å²) in [7, 11) is 0. The van der Waals surface area contributed by atoms with Crippen LogP contribution in [0, 0.1) is 5.41 Å². The standard InChI is InChI=1S/C34H34N2/c1-6-24-12-14-26(15-13-24)21-36-31-11-9-8-10-29(31)34(5)32(36)20-27-22-35(23-30(27)33(34,3)4)28-18-16-25(7-2)17-19-28/h6-20H,1-2,21-23H2,3-5H3/t34-/m0/s1. The van der Waals surface area contributed by atoms with Crippen LogP contribution in [0.15, 0.2) is 109 Å². The molecule has 1 aliphatic carbocycles. The van der Waals surface area contributed by atoms with Crippen LogP contribution in [0.3, 0.4) is 0 Å². The number of benzene rings is 3. The highest BCUT2D eigenvalue weighted by molar-refractivity contribution is 5.76. The Bertz CT molecular complexity index is 1420. The Hall–Kier alpha value is -3.78. The van der Waals surface area contributed by atoms with E-state index >= 15 is 0 Å². The minimum absolute atomic E-state index is 0.0141. The molecule has 0 amide bonds. The molecule has 3 aromatic rings. The molecule has 3 aliphatic rings. The van der Waals surface area contributed by atoms with E-state index in [0.29, 0.717) is 0 Å². The summed E-state index contributed by atoms with van der Waals surface area (Å²) >= 11 is 0. The molecule has 6 rings (SSSR count). The van der Waals surface area contributed by atoms with Gasteiger partial charge in [-0.25, -0.2) is 0 Å². The summed E-state index contributed by atoms with van der Waals surface area (Å²) in [6.45, 7) is 18.0. The Morgan fingerprint density at radius 3 is 2.11 bits per heavy atom. The molecule has 3 aromatic carbocycles. The van der Waals surface area contributed by atoms with Crippen LogP contribution in [0.2, 0.25) is 0 Å². The quantitative estimate of drug-likeness (QED) is 0.373. The zero-order valence-electron chi connectivity index (χ0n) is 21.6. The number of rotatable bonds is 5. The molecule has 0 saturated heterocycles. The summed E-state index contributed by atoms with van der Waals surface area (Å²) in [5, 5.41) is 0. The molecule has 0 radical (unpaired) electrons. The van der Waals surface area contributed by atoms with E-state index in [1.807, 2.05) is 12.2 Å². The van der Waals surface area contributed by atoms with Crippen LogP contribution in [-0.4, -0.2) is 13.1 Å². The van der Waals surface area contributed by atoms with Crippen molar-refractivity contribution >= 4 is 23.5 Å². The number of nitrogens with zero attached hydrogens (tertiary/aromatic N) is 2. The fourth-order valence-corrected chi connectivity index (χ4v) is 6.51. The fraction of sp³-hybridized carbons (Fsp3) is 0.235. The predicted molar refractivity (Wildman–Crippen MR) is 154 cm³/mol. The van der Waals surface area contributed by atoms with Crippen LogP contribution in [0.25, 0.3) is 12.2 Å². The molecular weight excluding hydrogens is 436 g/mol. The largest absolute Gasteiger partial charge is 0.363 e. The average Bonchev–Trinajstić information content (AvgIpc) is 3.45. The van der Waals surface area contributed by atoms with Gasteiger partial charge in [-0.05, 0) is 64.6 Å². The van der Waals surface area contributed by atoms with Crippen molar-refractivity contribution in [3.05, 3.63) is 131 Å². The van der Waals surface area contributed by atoms with Gasteiger partial charge in [0.2, 0.25) is 0 Å². The van der Waals surface area contributed by atoms with E-state index in [1.165, 1.54) is 33.8 Å². The molecule has 0 saturated carbocycles. The molecule has 0 unspecified atom stereocenters. The Morgan fingerprint density at radius 1 is 0.806 bits per heavy atom. The lowest BCUT2D eigenvalue weighted by Crippen LogP contribution is -2.45. The lowest BCUT2D eigenvalue weighted by Gasteiger charge is -2.47. The van der Waals surface area contributed by atoms with Gasteiger partial charge < -0.3 is 9.80 Å². The molecule has 0 spiro atoms. The number of allylic oxidation sites excluding steroid dienone is 1. The second-order valence-corrected chi connectivity index (χ2v) is 11.0. The predicted octanol–water partition coefficient (Wildman–Crippen LogP) is 7.99. The van der Waals surface area contributed by atoms with Gasteiger partial charge in [-0.2, -0.15) is 0 Å². The van der Waals surface area contributed by atoms with Crippen LogP contribution in [-0.2, 0) is 12.0 Å². The van der Waals surface area contributed by atoms with Crippen molar-refractivity contribution in [3.8, 4) is 0 Å². The molecule has 36 heavy (non-hydrogen) atoms. The zero-order chi connectivity index (χ0) is 25.1. The normalized spacial score (nSPS) is 21.6. The molecule has 180 valence electrons. The lowest BCUT2D eigenvalue weighted by atomic mass is 9.56. The number of para-hydroxylation sites is 1. The zero-order valence-corrected chi connectivity index (χ0v) is 21.6. The van der Waals surface area contributed by atoms with Crippen molar-refractivity contribution in [2.45, 2.75) is 32.7 Å². The highest BCUT2D eigenvalue weighted by Gasteiger charge is 2.57. The van der Waals surface area contributed by atoms with Crippen molar-refractivity contribution < 1.29 is 0 Å². The first-order valence-corrected chi connectivity index (χ1v) is 12.9. The second kappa shape index (κ2) is 8.13. The first-order chi connectivity index (χ1) is 17.4. The van der Waals surface area contributed by atoms with Gasteiger partial charge in [0, 0.05) is 47.5 Å². The molecule has 2 nitrogen and oxygen atoms in total. The van der Waals surface area contributed by atoms with Gasteiger partial charge in [0.25, 0.3) is 0 Å². The van der Waals surface area contributed by atoms with E-state index < -0.39 is 0 Å². The molecule has 0 bridgehead atoms. The van der Waals surface area contributed by atoms with E-state index in [-0.39, 0.29) is 10.8 Å². The summed E-state index contributed by atoms with van der Waals surface area (Å²) in [4.78, 5) is 5.08. The van der Waals surface area contributed by atoms with Gasteiger partial charge >= 0.3 is 0 Å². The van der Waals surface area contributed by atoms with Crippen molar-refractivity contribution in [3.63, 3.8) is 0 Å². The van der Waals surface area contributed by atoms with Crippen molar-refractivity contribution in [2.24, 2.45) is 5.41 Å². The van der Waals surface area contributed by atoms with Crippen molar-refractivity contribution in [1.29, 1.82) is 0 Å². The van der Waals surface area contributed by atoms with Crippen LogP contribution in [0.4, 0.5) is 11.4 Å². The van der Waals surface area contributed by atoms with E-state index in [4.69, 9.17) is 0 Å². The van der Waals surface area contributed by atoms with Gasteiger partial charge in [-0.3, -0.25) is 0 Å². The van der Waals surface area contributed by atoms with Gasteiger partial charge in [0.1, 0.15) is 0 Å². The fourth-order valence-electron chi connectivity index (χ4n) is 6.51. The highest BCUT2D eigenvalue weighted by atomic mass is 15.2. The minimum atomic E-state index is -0.0911. The number of anilines is 2. The Balaban J connectivity index is 1.41. The van der Waals surface area contributed by atoms with E-state index in [2.05, 4.69) is 123 Å². The monoisotopic (exact) mass is 470 g/mol. The van der Waals surface area contributed by atoms with Gasteiger partial charge in [0.05, 0.1) is 0 Å². The molecule has 0 fully saturated rings. The van der Waals surface area contributed by atoms with Crippen molar-refractivity contribution in [1.82, 2.24) is 0 Å². The molecule has 0 N–H and O–H groups in total. The molecule has 2 heterocycles. The first-order valence-electron chi connectivity index (χ1n) is 12.9. The third kappa shape index (κ3) is 3.17. The van der Waals surface area contributed by atoms with Gasteiger partial charge in [0.15, 0.2) is 0 Å². The van der Waals surface area contributed by atoms with Gasteiger partial charge in [-0.15, -0.1) is 0 Å². The molecule has 0 aromatic heterocycles. The summed E-state index contributed by atoms with van der Waals surface area (Å²) < 4.78 is 0. The molecule has 2 heteroatoms. The highest BCUT2D eigenvalue weighted by Crippen LogP contribution is 2.62. The topological polar surface area (TPSA) is 6.48 Å². The Labute approximate surface area is 215 Å². The summed E-state index contributed by atoms with van der Waals surface area (Å²) in [5.41, 5.74) is 12.0. The third-order valence-corrected chi connectivity index (χ3v) is 9.00. The van der Waals surface area contributed by atoms with Crippen LogP contribution < -0.4 is 9.80 Å². The maximum absolute atomic E-state index is 3.91. The number of fused-ring (bicyclic) bond motifs is 3. The second-order valence-electron chi connectivity index (χ2n) is 11.0. The lowest BCUT2D eigenvalue weighted by molar-refractivity contribution is 0.266. The van der Waals surface area contributed by atoms with Crippen LogP contribution >= 0.6 is 0 Å². The summed E-state index contributed by atoms with van der Waals surface area (Å²) in [6, 6.07) is 26.6. The number of hydrogen-bond donors (Lipinski definition) is 0. The summed E-state index contributed by atoms with van der Waals surface area (Å²) in [6.07, 6.45) is 6.32. The first kappa shape index (κ1) is 22.7. The molecule has 2 aliphatic heterocycles.